The third-order valence-corrected chi connectivity index (χ3v) is 6.41. The summed E-state index contributed by atoms with van der Waals surface area (Å²) in [5.41, 5.74) is 4.17. The number of amides is 1. The zero-order chi connectivity index (χ0) is 19.6. The molecule has 4 rings (SSSR count). The lowest BCUT2D eigenvalue weighted by Gasteiger charge is -2.40. The second-order valence-electron chi connectivity index (χ2n) is 8.89. The molecule has 0 N–H and O–H groups in total. The fraction of sp³-hybridized carbons (Fsp3) is 0.565. The molecule has 1 aromatic heterocycles. The first kappa shape index (κ1) is 19.2. The number of carbonyl (C=O) groups excluding carboxylic acids is 1. The van der Waals surface area contributed by atoms with E-state index in [1.165, 1.54) is 30.5 Å². The summed E-state index contributed by atoms with van der Waals surface area (Å²) in [6.07, 6.45) is 8.89. The maximum atomic E-state index is 12.7. The molecular formula is C23H32N4O. The van der Waals surface area contributed by atoms with Crippen LogP contribution in [0.4, 0.5) is 0 Å². The number of benzene rings is 1. The summed E-state index contributed by atoms with van der Waals surface area (Å²) in [4.78, 5) is 17.5. The van der Waals surface area contributed by atoms with Crippen molar-refractivity contribution in [2.45, 2.75) is 45.6 Å². The van der Waals surface area contributed by atoms with Crippen LogP contribution in [0.25, 0.3) is 0 Å². The maximum Gasteiger partial charge on any atom is 0.222 e. The van der Waals surface area contributed by atoms with Crippen molar-refractivity contribution in [3.63, 3.8) is 0 Å². The number of piperidine rings is 1. The van der Waals surface area contributed by atoms with Gasteiger partial charge in [-0.15, -0.1) is 0 Å². The average Bonchev–Trinajstić information content (AvgIpc) is 3.26. The topological polar surface area (TPSA) is 41.4 Å². The maximum absolute atomic E-state index is 12.7. The van der Waals surface area contributed by atoms with E-state index in [2.05, 4.69) is 46.1 Å². The summed E-state index contributed by atoms with van der Waals surface area (Å²) in [6.45, 7) is 7.33. The summed E-state index contributed by atoms with van der Waals surface area (Å²) in [7, 11) is 1.92. The second-order valence-corrected chi connectivity index (χ2v) is 8.89. The molecule has 1 atom stereocenters. The zero-order valence-electron chi connectivity index (χ0n) is 17.2. The molecule has 0 saturated carbocycles. The van der Waals surface area contributed by atoms with Crippen molar-refractivity contribution in [2.75, 3.05) is 26.2 Å². The van der Waals surface area contributed by atoms with E-state index in [1.54, 1.807) is 4.68 Å². The van der Waals surface area contributed by atoms with Crippen LogP contribution < -0.4 is 0 Å². The number of hydrogen-bond acceptors (Lipinski definition) is 3. The summed E-state index contributed by atoms with van der Waals surface area (Å²) in [5.74, 6) is 0.302. The van der Waals surface area contributed by atoms with Crippen LogP contribution in [0.1, 0.15) is 42.4 Å². The first-order chi connectivity index (χ1) is 13.5. The number of nitrogens with zero attached hydrogens (tertiary/aromatic N) is 4. The lowest BCUT2D eigenvalue weighted by Crippen LogP contribution is -2.45. The Morgan fingerprint density at radius 2 is 2.07 bits per heavy atom. The van der Waals surface area contributed by atoms with Crippen molar-refractivity contribution < 1.29 is 4.79 Å². The van der Waals surface area contributed by atoms with Crippen molar-refractivity contribution in [2.24, 2.45) is 12.5 Å². The minimum absolute atomic E-state index is 0.298. The number of aryl methyl sites for hydroxylation is 3. The molecule has 1 aromatic carbocycles. The molecule has 2 aliphatic rings. The molecule has 2 fully saturated rings. The van der Waals surface area contributed by atoms with E-state index in [0.717, 1.165) is 44.6 Å². The van der Waals surface area contributed by atoms with Crippen molar-refractivity contribution in [1.29, 1.82) is 0 Å². The summed E-state index contributed by atoms with van der Waals surface area (Å²) in [6, 6.07) is 8.84. The fourth-order valence-corrected chi connectivity index (χ4v) is 5.01. The van der Waals surface area contributed by atoms with E-state index in [9.17, 15) is 4.79 Å². The lowest BCUT2D eigenvalue weighted by molar-refractivity contribution is -0.130. The first-order valence-electron chi connectivity index (χ1n) is 10.5. The Morgan fingerprint density at radius 3 is 2.86 bits per heavy atom. The van der Waals surface area contributed by atoms with Crippen LogP contribution in [-0.4, -0.2) is 51.7 Å². The quantitative estimate of drug-likeness (QED) is 0.800. The molecule has 2 aliphatic heterocycles. The summed E-state index contributed by atoms with van der Waals surface area (Å²) >= 11 is 0. The third-order valence-electron chi connectivity index (χ3n) is 6.41. The number of aromatic nitrogens is 2. The van der Waals surface area contributed by atoms with Crippen LogP contribution in [-0.2, 0) is 24.8 Å². The van der Waals surface area contributed by atoms with Gasteiger partial charge in [0.05, 0.1) is 6.20 Å². The third kappa shape index (κ3) is 4.46. The Hall–Kier alpha value is -2.14. The number of likely N-dealkylation sites (tertiary alicyclic amines) is 2. The van der Waals surface area contributed by atoms with Crippen LogP contribution in [0.2, 0.25) is 0 Å². The Labute approximate surface area is 168 Å². The van der Waals surface area contributed by atoms with E-state index in [1.807, 2.05) is 19.4 Å². The molecule has 0 bridgehead atoms. The van der Waals surface area contributed by atoms with Gasteiger partial charge in [-0.2, -0.15) is 5.10 Å². The van der Waals surface area contributed by atoms with Gasteiger partial charge in [0.1, 0.15) is 0 Å². The number of hydrogen-bond donors (Lipinski definition) is 0. The van der Waals surface area contributed by atoms with E-state index in [-0.39, 0.29) is 0 Å². The molecule has 1 spiro atoms. The van der Waals surface area contributed by atoms with Crippen LogP contribution in [0.3, 0.4) is 0 Å². The largest absolute Gasteiger partial charge is 0.342 e. The van der Waals surface area contributed by atoms with Crippen molar-refractivity contribution in [3.8, 4) is 0 Å². The zero-order valence-corrected chi connectivity index (χ0v) is 17.2. The summed E-state index contributed by atoms with van der Waals surface area (Å²) < 4.78 is 1.80. The predicted octanol–water partition coefficient (Wildman–Crippen LogP) is 3.18. The molecule has 1 unspecified atom stereocenters. The minimum atomic E-state index is 0.298. The van der Waals surface area contributed by atoms with Crippen LogP contribution in [0, 0.1) is 12.3 Å². The van der Waals surface area contributed by atoms with E-state index in [0.29, 0.717) is 17.7 Å². The molecule has 5 nitrogen and oxygen atoms in total. The Kier molecular flexibility index (Phi) is 5.54. The Balaban J connectivity index is 1.32. The van der Waals surface area contributed by atoms with Gasteiger partial charge in [-0.05, 0) is 50.3 Å². The monoisotopic (exact) mass is 380 g/mol. The van der Waals surface area contributed by atoms with Gasteiger partial charge in [-0.1, -0.05) is 29.8 Å². The van der Waals surface area contributed by atoms with Crippen LogP contribution in [0.15, 0.2) is 36.7 Å². The fourth-order valence-electron chi connectivity index (χ4n) is 5.01. The standard InChI is InChI=1S/C23H32N4O/c1-19-5-3-6-20(13-19)16-26-11-4-9-23(17-26)10-12-27(18-23)22(28)8-7-21-14-24-25(2)15-21/h3,5-6,13-15H,4,7-12,16-18H2,1-2H3. The first-order valence-corrected chi connectivity index (χ1v) is 10.5. The van der Waals surface area contributed by atoms with Gasteiger partial charge in [-0.25, -0.2) is 0 Å². The smallest absolute Gasteiger partial charge is 0.222 e. The lowest BCUT2D eigenvalue weighted by atomic mass is 9.79. The van der Waals surface area contributed by atoms with Crippen LogP contribution >= 0.6 is 0 Å². The van der Waals surface area contributed by atoms with Crippen molar-refractivity contribution in [3.05, 3.63) is 53.3 Å². The highest BCUT2D eigenvalue weighted by Crippen LogP contribution is 2.39. The van der Waals surface area contributed by atoms with Gasteiger partial charge in [0.15, 0.2) is 0 Å². The Bertz CT molecular complexity index is 830. The predicted molar refractivity (Wildman–Crippen MR) is 111 cm³/mol. The minimum Gasteiger partial charge on any atom is -0.342 e. The van der Waals surface area contributed by atoms with E-state index >= 15 is 0 Å². The SMILES string of the molecule is Cc1cccc(CN2CCCC3(CCN(C(=O)CCc4cnn(C)c4)C3)C2)c1. The van der Waals surface area contributed by atoms with Crippen molar-refractivity contribution >= 4 is 5.91 Å². The second kappa shape index (κ2) is 8.08. The highest BCUT2D eigenvalue weighted by Gasteiger charge is 2.42. The van der Waals surface area contributed by atoms with Gasteiger partial charge in [-0.3, -0.25) is 14.4 Å². The number of carbonyl (C=O) groups is 1. The van der Waals surface area contributed by atoms with Gasteiger partial charge in [0.2, 0.25) is 5.91 Å². The summed E-state index contributed by atoms with van der Waals surface area (Å²) in [5, 5.41) is 4.19. The molecule has 0 radical (unpaired) electrons. The average molecular weight is 381 g/mol. The van der Waals surface area contributed by atoms with Gasteiger partial charge < -0.3 is 4.90 Å². The molecule has 2 saturated heterocycles. The highest BCUT2D eigenvalue weighted by atomic mass is 16.2. The molecule has 3 heterocycles. The van der Waals surface area contributed by atoms with Gasteiger partial charge in [0, 0.05) is 51.3 Å². The molecule has 1 amide bonds. The van der Waals surface area contributed by atoms with Crippen LogP contribution in [0.5, 0.6) is 0 Å². The van der Waals surface area contributed by atoms with E-state index < -0.39 is 0 Å². The molecule has 28 heavy (non-hydrogen) atoms. The van der Waals surface area contributed by atoms with Crippen molar-refractivity contribution in [1.82, 2.24) is 19.6 Å². The normalized spacial score (nSPS) is 22.9. The van der Waals surface area contributed by atoms with E-state index in [4.69, 9.17) is 0 Å². The molecule has 5 heteroatoms. The molecule has 150 valence electrons. The number of rotatable bonds is 5. The van der Waals surface area contributed by atoms with Gasteiger partial charge in [0.25, 0.3) is 0 Å². The molecule has 0 aliphatic carbocycles. The highest BCUT2D eigenvalue weighted by molar-refractivity contribution is 5.76. The Morgan fingerprint density at radius 1 is 1.18 bits per heavy atom. The van der Waals surface area contributed by atoms with Gasteiger partial charge >= 0.3 is 0 Å². The molecule has 2 aromatic rings. The molecular weight excluding hydrogens is 348 g/mol.